The number of fused-ring (bicyclic) bond motifs is 4. The first kappa shape index (κ1) is 28.9. The summed E-state index contributed by atoms with van der Waals surface area (Å²) < 4.78 is 0. The minimum Gasteiger partial charge on any atom is -0.0626 e. The molecule has 0 saturated heterocycles. The molecule has 2 unspecified atom stereocenters. The summed E-state index contributed by atoms with van der Waals surface area (Å²) in [5.74, 6) is 0. The third-order valence-electron chi connectivity index (χ3n) is 11.3. The van der Waals surface area contributed by atoms with Crippen molar-refractivity contribution < 1.29 is 0 Å². The molecule has 0 radical (unpaired) electrons. The van der Waals surface area contributed by atoms with E-state index >= 15 is 0 Å². The summed E-state index contributed by atoms with van der Waals surface area (Å²) in [7, 11) is -2.19. The molecule has 0 heterocycles. The van der Waals surface area contributed by atoms with Gasteiger partial charge in [-0.15, -0.1) is 0 Å². The Hall–Kier alpha value is -5.24. The van der Waals surface area contributed by atoms with Gasteiger partial charge in [0.25, 0.3) is 0 Å². The molecule has 0 bridgehead atoms. The van der Waals surface area contributed by atoms with Crippen LogP contribution >= 0.6 is 0 Å². The number of rotatable bonds is 5. The molecular weight excluding hydrogens is 593 g/mol. The lowest BCUT2D eigenvalue weighted by Crippen LogP contribution is -2.49. The zero-order chi connectivity index (χ0) is 32.5. The summed E-state index contributed by atoms with van der Waals surface area (Å²) in [5.41, 5.74) is 3.56. The van der Waals surface area contributed by atoms with E-state index in [1.165, 1.54) is 64.3 Å². The van der Waals surface area contributed by atoms with Crippen LogP contribution in [0.1, 0.15) is 30.5 Å². The molecule has 9 rings (SSSR count). The predicted molar refractivity (Wildman–Crippen MR) is 208 cm³/mol. The van der Waals surface area contributed by atoms with Gasteiger partial charge in [-0.05, 0) is 74.3 Å². The van der Waals surface area contributed by atoms with Gasteiger partial charge >= 0.3 is 0 Å². The Morgan fingerprint density at radius 2 is 0.833 bits per heavy atom. The maximum atomic E-state index is 2.58. The van der Waals surface area contributed by atoms with E-state index in [-0.39, 0.29) is 10.8 Å². The molecule has 0 N–H and O–H groups in total. The normalized spacial score (nSPS) is 20.3. The third-order valence-corrected chi connectivity index (χ3v) is 15.5. The molecule has 48 heavy (non-hydrogen) atoms. The average Bonchev–Trinajstić information content (AvgIpc) is 3.60. The van der Waals surface area contributed by atoms with Crippen LogP contribution in [-0.4, -0.2) is 8.80 Å². The van der Waals surface area contributed by atoms with Crippen molar-refractivity contribution in [2.75, 3.05) is 0 Å². The molecule has 2 aliphatic rings. The highest BCUT2D eigenvalue weighted by Gasteiger charge is 2.47. The highest BCUT2D eigenvalue weighted by atomic mass is 28.3. The van der Waals surface area contributed by atoms with E-state index in [2.05, 4.69) is 191 Å². The van der Waals surface area contributed by atoms with Crippen LogP contribution < -0.4 is 26.1 Å². The average molecular weight is 631 g/mol. The van der Waals surface area contributed by atoms with E-state index in [0.717, 1.165) is 0 Å². The van der Waals surface area contributed by atoms with Crippen molar-refractivity contribution in [2.45, 2.75) is 31.6 Å². The Balaban J connectivity index is 1.45. The van der Waals surface area contributed by atoms with E-state index in [9.17, 15) is 0 Å². The van der Waals surface area contributed by atoms with E-state index in [1.54, 1.807) is 10.4 Å². The Kier molecular flexibility index (Phi) is 6.57. The van der Waals surface area contributed by atoms with Crippen LogP contribution in [0, 0.1) is 6.92 Å². The maximum Gasteiger partial charge on any atom is 0.128 e. The first-order valence-corrected chi connectivity index (χ1v) is 18.9. The Bertz CT molecular complexity index is 2510. The lowest BCUT2D eigenvalue weighted by molar-refractivity contribution is 0.847. The standard InChI is InChI=1S/C47H38Si/c1-32-16-4-13-29-43(32)48(44-39-25-11-7-19-35(39)30-46(44,2)41-27-14-21-33-17-5-9-23-37(33)41)45-40-26-12-8-20-36(40)31-47(45,3)42-28-15-22-34-18-6-10-24-38(34)42/h4-31,48H,1-3H3. The van der Waals surface area contributed by atoms with Crippen molar-refractivity contribution in [2.24, 2.45) is 0 Å². The summed E-state index contributed by atoms with van der Waals surface area (Å²) in [6.45, 7) is 7.33. The van der Waals surface area contributed by atoms with Gasteiger partial charge in [-0.25, -0.2) is 0 Å². The Morgan fingerprint density at radius 1 is 0.417 bits per heavy atom. The molecule has 2 aliphatic carbocycles. The van der Waals surface area contributed by atoms with Crippen molar-refractivity contribution >= 4 is 58.1 Å². The topological polar surface area (TPSA) is 0 Å². The molecule has 230 valence electrons. The monoisotopic (exact) mass is 630 g/mol. The predicted octanol–water partition coefficient (Wildman–Crippen LogP) is 7.02. The lowest BCUT2D eigenvalue weighted by Gasteiger charge is -2.40. The van der Waals surface area contributed by atoms with E-state index in [4.69, 9.17) is 0 Å². The van der Waals surface area contributed by atoms with Crippen molar-refractivity contribution in [3.8, 4) is 0 Å². The van der Waals surface area contributed by atoms with Crippen molar-refractivity contribution in [3.05, 3.63) is 195 Å². The van der Waals surface area contributed by atoms with Crippen LogP contribution in [0.25, 0.3) is 44.1 Å². The summed E-state index contributed by atoms with van der Waals surface area (Å²) in [6.07, 6.45) is 5.16. The van der Waals surface area contributed by atoms with Gasteiger partial charge in [0.2, 0.25) is 0 Å². The smallest absolute Gasteiger partial charge is 0.0626 e. The molecule has 0 saturated carbocycles. The largest absolute Gasteiger partial charge is 0.128 e. The van der Waals surface area contributed by atoms with Crippen molar-refractivity contribution in [3.63, 3.8) is 0 Å². The SMILES string of the molecule is Cc1ccccc1[SiH](C1=c2ccccc2=CC1(C)c1cccc2ccccc12)C1=c2ccccc2=CC1(C)c1cccc2ccccc12. The van der Waals surface area contributed by atoms with E-state index in [0.29, 0.717) is 0 Å². The van der Waals surface area contributed by atoms with Crippen LogP contribution in [0.15, 0.2) is 158 Å². The number of hydrogen-bond donors (Lipinski definition) is 0. The molecule has 0 aliphatic heterocycles. The fraction of sp³-hybridized carbons (Fsp3) is 0.106. The van der Waals surface area contributed by atoms with Crippen LogP contribution in [0.4, 0.5) is 0 Å². The van der Waals surface area contributed by atoms with Crippen molar-refractivity contribution in [1.29, 1.82) is 0 Å². The zero-order valence-electron chi connectivity index (χ0n) is 27.7. The van der Waals surface area contributed by atoms with Crippen molar-refractivity contribution in [1.82, 2.24) is 0 Å². The quantitative estimate of drug-likeness (QED) is 0.179. The first-order valence-electron chi connectivity index (χ1n) is 17.1. The van der Waals surface area contributed by atoms with Gasteiger partial charge in [0.15, 0.2) is 0 Å². The molecule has 2 atom stereocenters. The minimum atomic E-state index is -2.19. The molecule has 1 heteroatoms. The highest BCUT2D eigenvalue weighted by Crippen LogP contribution is 2.47. The Morgan fingerprint density at radius 3 is 1.35 bits per heavy atom. The second-order valence-electron chi connectivity index (χ2n) is 14.0. The van der Waals surface area contributed by atoms with Gasteiger partial charge in [-0.2, -0.15) is 0 Å². The van der Waals surface area contributed by atoms with Gasteiger partial charge in [-0.3, -0.25) is 0 Å². The molecule has 0 spiro atoms. The third kappa shape index (κ3) is 4.21. The van der Waals surface area contributed by atoms with E-state index < -0.39 is 8.80 Å². The summed E-state index contributed by atoms with van der Waals surface area (Å²) in [6, 6.07) is 59.3. The lowest BCUT2D eigenvalue weighted by atomic mass is 9.80. The number of benzene rings is 7. The van der Waals surface area contributed by atoms with Crippen LogP contribution in [0.3, 0.4) is 0 Å². The molecule has 0 nitrogen and oxygen atoms in total. The second-order valence-corrected chi connectivity index (χ2v) is 16.7. The van der Waals surface area contributed by atoms with Gasteiger partial charge in [0.05, 0.1) is 0 Å². The molecule has 7 aromatic rings. The fourth-order valence-electron chi connectivity index (χ4n) is 9.15. The van der Waals surface area contributed by atoms with Gasteiger partial charge in [0.1, 0.15) is 8.80 Å². The maximum absolute atomic E-state index is 2.58. The second kappa shape index (κ2) is 10.9. The Labute approximate surface area is 284 Å². The molecule has 0 fully saturated rings. The summed E-state index contributed by atoms with van der Waals surface area (Å²) in [4.78, 5) is 0. The molecule has 0 aromatic heterocycles. The van der Waals surface area contributed by atoms with E-state index in [1.807, 2.05) is 0 Å². The number of hydrogen-bond acceptors (Lipinski definition) is 0. The zero-order valence-corrected chi connectivity index (χ0v) is 28.9. The summed E-state index contributed by atoms with van der Waals surface area (Å²) in [5, 5.41) is 15.5. The first-order chi connectivity index (χ1) is 23.5. The van der Waals surface area contributed by atoms with Gasteiger partial charge in [-0.1, -0.05) is 191 Å². The van der Waals surface area contributed by atoms with Crippen LogP contribution in [0.2, 0.25) is 0 Å². The number of aryl methyl sites for hydroxylation is 1. The molecular formula is C47H38Si. The van der Waals surface area contributed by atoms with Gasteiger partial charge < -0.3 is 0 Å². The minimum absolute atomic E-state index is 0.298. The molecule has 0 amide bonds. The van der Waals surface area contributed by atoms with Crippen LogP contribution in [0.5, 0.6) is 0 Å². The fourth-order valence-corrected chi connectivity index (χ4v) is 13.7. The highest BCUT2D eigenvalue weighted by molar-refractivity contribution is 7.02. The van der Waals surface area contributed by atoms with Crippen LogP contribution in [-0.2, 0) is 10.8 Å². The summed E-state index contributed by atoms with van der Waals surface area (Å²) >= 11 is 0. The van der Waals surface area contributed by atoms with Gasteiger partial charge in [0, 0.05) is 10.8 Å². The molecule has 7 aromatic carbocycles.